The standard InChI is InChI=1S/C55H55N13O9S/c1-2-76-53(72)47-48(70)46(78-52(47)61-38-6-4-3-5-7-38)29-34-8-17-45(44(69)28-34)77-27-26-75-25-24-68-33-41(66-67-68)18-19-60-51(71)37-30-42(64-54(73)62-39-13-9-35(10-14-39)49-56-20-21-57-49)32-43(31-37)65-55(74)63-40-15-11-36(12-16-40)50-58-22-23-59-50/h3-17,28-33,69-70H,2,18-27H2,1H3,(H,56,57)(H,58,59)(H,60,71)(H2,62,64,73)(H2,63,65,74)/b46-29-,61-52?. The van der Waals surface area contributed by atoms with Crippen molar-refractivity contribution in [3.63, 3.8) is 0 Å². The van der Waals surface area contributed by atoms with Gasteiger partial charge in [-0.15, -0.1) is 5.10 Å². The molecule has 0 aliphatic carbocycles. The summed E-state index contributed by atoms with van der Waals surface area (Å²) in [4.78, 5) is 66.6. The lowest BCUT2D eigenvalue weighted by Crippen LogP contribution is -2.27. The zero-order valence-corrected chi connectivity index (χ0v) is 43.1. The van der Waals surface area contributed by atoms with Crippen LogP contribution in [0.1, 0.15) is 39.7 Å². The van der Waals surface area contributed by atoms with Crippen molar-refractivity contribution in [2.24, 2.45) is 15.0 Å². The number of aliphatic hydroxyl groups excluding tert-OH is 1. The third kappa shape index (κ3) is 14.5. The Morgan fingerprint density at radius 2 is 1.40 bits per heavy atom. The van der Waals surface area contributed by atoms with Gasteiger partial charge in [0, 0.05) is 71.7 Å². The summed E-state index contributed by atoms with van der Waals surface area (Å²) in [7, 11) is 0. The lowest BCUT2D eigenvalue weighted by Gasteiger charge is -2.14. The minimum atomic E-state index is -0.688. The van der Waals surface area contributed by atoms with Gasteiger partial charge in [-0.1, -0.05) is 41.2 Å². The Bertz CT molecular complexity index is 3220. The molecule has 400 valence electrons. The molecule has 9 N–H and O–H groups in total. The number of aliphatic hydroxyl groups is 1. The predicted octanol–water partition coefficient (Wildman–Crippen LogP) is 7.23. The van der Waals surface area contributed by atoms with Crippen LogP contribution < -0.4 is 42.0 Å². The molecule has 5 aromatic carbocycles. The summed E-state index contributed by atoms with van der Waals surface area (Å²) in [6.45, 7) is 5.99. The number of thioether (sulfide) groups is 1. The number of esters is 1. The lowest BCUT2D eigenvalue weighted by atomic mass is 10.1. The second kappa shape index (κ2) is 25.8. The van der Waals surface area contributed by atoms with Crippen molar-refractivity contribution in [2.75, 3.05) is 80.4 Å². The van der Waals surface area contributed by atoms with Crippen molar-refractivity contribution < 1.29 is 43.6 Å². The molecule has 1 aromatic heterocycles. The number of ether oxygens (including phenoxy) is 3. The van der Waals surface area contributed by atoms with Gasteiger partial charge in [-0.3, -0.25) is 14.8 Å². The number of phenols is 1. The monoisotopic (exact) mass is 1070 g/mol. The zero-order valence-electron chi connectivity index (χ0n) is 42.2. The first-order valence-electron chi connectivity index (χ1n) is 25.0. The maximum atomic E-state index is 13.6. The van der Waals surface area contributed by atoms with Crippen LogP contribution in [0, 0.1) is 0 Å². The number of amidine groups is 2. The van der Waals surface area contributed by atoms with E-state index in [1.54, 1.807) is 78.5 Å². The molecule has 3 aliphatic rings. The fourth-order valence-electron chi connectivity index (χ4n) is 8.04. The van der Waals surface area contributed by atoms with E-state index in [0.717, 1.165) is 47.6 Å². The van der Waals surface area contributed by atoms with Crippen molar-refractivity contribution in [3.8, 4) is 11.5 Å². The van der Waals surface area contributed by atoms with Gasteiger partial charge >= 0.3 is 18.0 Å². The van der Waals surface area contributed by atoms with Gasteiger partial charge in [0.25, 0.3) is 5.91 Å². The largest absolute Gasteiger partial charge is 0.506 e. The van der Waals surface area contributed by atoms with Gasteiger partial charge in [0.05, 0.1) is 55.7 Å². The number of urea groups is 2. The fraction of sp³-hybridized carbons (Fsp3) is 0.218. The van der Waals surface area contributed by atoms with Gasteiger partial charge in [-0.2, -0.15) is 0 Å². The highest BCUT2D eigenvalue weighted by atomic mass is 32.2. The molecular formula is C55H55N13O9S. The first-order chi connectivity index (χ1) is 38.0. The van der Waals surface area contributed by atoms with Crippen LogP contribution >= 0.6 is 11.8 Å². The van der Waals surface area contributed by atoms with Crippen LogP contribution in [0.3, 0.4) is 0 Å². The second-order valence-corrected chi connectivity index (χ2v) is 18.4. The maximum absolute atomic E-state index is 13.6. The molecule has 0 spiro atoms. The van der Waals surface area contributed by atoms with Crippen molar-refractivity contribution in [1.82, 2.24) is 30.9 Å². The third-order valence-corrected chi connectivity index (χ3v) is 12.8. The average molecular weight is 1070 g/mol. The van der Waals surface area contributed by atoms with Gasteiger partial charge in [-0.25, -0.2) is 24.1 Å². The number of phenolic OH excluding ortho intramolecular Hbond substituents is 1. The number of hydrogen-bond donors (Lipinski definition) is 9. The molecule has 78 heavy (non-hydrogen) atoms. The number of nitrogens with zero attached hydrogens (tertiary/aromatic N) is 6. The number of carbonyl (C=O) groups excluding carboxylic acids is 4. The minimum absolute atomic E-state index is 0.0296. The van der Waals surface area contributed by atoms with Crippen molar-refractivity contribution in [3.05, 3.63) is 166 Å². The van der Waals surface area contributed by atoms with E-state index >= 15 is 0 Å². The summed E-state index contributed by atoms with van der Waals surface area (Å²) in [5.41, 5.74) is 5.30. The molecule has 0 fully saturated rings. The molecule has 4 heterocycles. The van der Waals surface area contributed by atoms with Gasteiger partial charge in [0.2, 0.25) is 0 Å². The van der Waals surface area contributed by atoms with E-state index < -0.39 is 23.9 Å². The predicted molar refractivity (Wildman–Crippen MR) is 299 cm³/mol. The molecule has 0 unspecified atom stereocenters. The number of nitrogens with one attached hydrogen (secondary N) is 7. The van der Waals surface area contributed by atoms with Gasteiger partial charge in [0.15, 0.2) is 11.5 Å². The summed E-state index contributed by atoms with van der Waals surface area (Å²) >= 11 is 1.12. The Balaban J connectivity index is 0.739. The van der Waals surface area contributed by atoms with E-state index in [4.69, 9.17) is 14.2 Å². The molecule has 3 aliphatic heterocycles. The van der Waals surface area contributed by atoms with E-state index in [1.165, 1.54) is 18.2 Å². The average Bonchev–Trinajstić information content (AvgIpc) is 4.32. The van der Waals surface area contributed by atoms with Crippen LogP contribution in [0.4, 0.5) is 38.0 Å². The molecule has 0 bridgehead atoms. The molecule has 23 heteroatoms. The van der Waals surface area contributed by atoms with E-state index in [9.17, 15) is 29.4 Å². The number of rotatable bonds is 21. The summed E-state index contributed by atoms with van der Waals surface area (Å²) in [5, 5.41) is 51.0. The number of carbonyl (C=O) groups is 4. The van der Waals surface area contributed by atoms with Gasteiger partial charge < -0.3 is 61.6 Å². The van der Waals surface area contributed by atoms with Crippen molar-refractivity contribution in [2.45, 2.75) is 19.9 Å². The lowest BCUT2D eigenvalue weighted by molar-refractivity contribution is -0.138. The SMILES string of the molecule is CCOC(=O)C1=C(O)/C(=C/c2ccc(OCCOCCn3cc(CCNC(=O)c4cc(NC(=O)Nc5ccc(C6=NCCN6)cc5)cc(NC(=O)Nc5ccc(C6=NCCN6)cc5)c4)nn3)c(O)c2)SC1=Nc1ccccc1. The van der Waals surface area contributed by atoms with Crippen LogP contribution in [0.25, 0.3) is 6.08 Å². The van der Waals surface area contributed by atoms with Crippen LogP contribution in [-0.4, -0.2) is 125 Å². The number of para-hydroxylation sites is 1. The number of aromatic nitrogens is 3. The first-order valence-corrected chi connectivity index (χ1v) is 25.8. The second-order valence-electron chi connectivity index (χ2n) is 17.4. The number of aliphatic imine (C=N–C) groups is 3. The maximum Gasteiger partial charge on any atom is 0.344 e. The number of benzene rings is 5. The van der Waals surface area contributed by atoms with E-state index in [1.807, 2.05) is 42.5 Å². The van der Waals surface area contributed by atoms with Gasteiger partial charge in [0.1, 0.15) is 34.7 Å². The Kier molecular flexibility index (Phi) is 17.7. The van der Waals surface area contributed by atoms with Crippen LogP contribution in [0.2, 0.25) is 0 Å². The van der Waals surface area contributed by atoms with Crippen molar-refractivity contribution in [1.29, 1.82) is 0 Å². The first kappa shape index (κ1) is 53.3. The highest BCUT2D eigenvalue weighted by molar-refractivity contribution is 8.18. The molecule has 0 radical (unpaired) electrons. The number of amides is 5. The van der Waals surface area contributed by atoms with E-state index in [-0.39, 0.29) is 72.7 Å². The minimum Gasteiger partial charge on any atom is -0.506 e. The van der Waals surface area contributed by atoms with E-state index in [0.29, 0.717) is 64.3 Å². The smallest absolute Gasteiger partial charge is 0.344 e. The van der Waals surface area contributed by atoms with Crippen LogP contribution in [0.5, 0.6) is 11.5 Å². The molecule has 6 aromatic rings. The highest BCUT2D eigenvalue weighted by Gasteiger charge is 2.33. The topological polar surface area (TPSA) is 288 Å². The highest BCUT2D eigenvalue weighted by Crippen LogP contribution is 2.41. The van der Waals surface area contributed by atoms with E-state index in [2.05, 4.69) is 62.5 Å². The van der Waals surface area contributed by atoms with Crippen LogP contribution in [0.15, 0.2) is 153 Å². The van der Waals surface area contributed by atoms with Gasteiger partial charge in [-0.05, 0) is 110 Å². The zero-order chi connectivity index (χ0) is 54.2. The molecule has 0 saturated carbocycles. The molecule has 0 atom stereocenters. The number of anilines is 4. The Hall–Kier alpha value is -9.48. The van der Waals surface area contributed by atoms with Crippen molar-refractivity contribution >= 4 is 86.9 Å². The Morgan fingerprint density at radius 3 is 2.00 bits per heavy atom. The Morgan fingerprint density at radius 1 is 0.756 bits per heavy atom. The molecule has 0 saturated heterocycles. The summed E-state index contributed by atoms with van der Waals surface area (Å²) in [5.74, 6) is 0.291. The normalized spacial score (nSPS) is 14.8. The molecule has 5 amide bonds. The summed E-state index contributed by atoms with van der Waals surface area (Å²) in [6.07, 6.45) is 3.74. The summed E-state index contributed by atoms with van der Waals surface area (Å²) in [6, 6.07) is 31.7. The molecule has 22 nitrogen and oxygen atoms in total. The molecular weight excluding hydrogens is 1020 g/mol. The Labute approximate surface area is 452 Å². The third-order valence-electron chi connectivity index (χ3n) is 11.7. The quantitative estimate of drug-likeness (QED) is 0.0254. The fourth-order valence-corrected chi connectivity index (χ4v) is 9.08. The van der Waals surface area contributed by atoms with Crippen LogP contribution in [-0.2, 0) is 27.2 Å². The summed E-state index contributed by atoms with van der Waals surface area (Å²) < 4.78 is 18.3. The number of hydrogen-bond acceptors (Lipinski definition) is 17. The number of aromatic hydroxyl groups is 1. The molecule has 9 rings (SSSR count).